The summed E-state index contributed by atoms with van der Waals surface area (Å²) in [6, 6.07) is 2.19. The number of nitrogens with zero attached hydrogens (tertiary/aromatic N) is 4. The van der Waals surface area contributed by atoms with E-state index in [4.69, 9.17) is 5.26 Å². The van der Waals surface area contributed by atoms with Crippen LogP contribution in [0.25, 0.3) is 0 Å². The second-order valence-corrected chi connectivity index (χ2v) is 3.70. The van der Waals surface area contributed by atoms with E-state index < -0.39 is 0 Å². The summed E-state index contributed by atoms with van der Waals surface area (Å²) in [5.74, 6) is 0.856. The number of hydrogen-bond acceptors (Lipinski definition) is 3. The molecular weight excluding hydrogens is 176 g/mol. The molecule has 4 heteroatoms. The van der Waals surface area contributed by atoms with Crippen molar-refractivity contribution in [3.63, 3.8) is 0 Å². The summed E-state index contributed by atoms with van der Waals surface area (Å²) in [5, 5.41) is 13.3. The fourth-order valence-corrected chi connectivity index (χ4v) is 1.89. The van der Waals surface area contributed by atoms with E-state index in [1.165, 1.54) is 19.3 Å². The van der Waals surface area contributed by atoms with Gasteiger partial charge in [-0.15, -0.1) is 0 Å². The highest BCUT2D eigenvalue weighted by Gasteiger charge is 2.17. The second-order valence-electron chi connectivity index (χ2n) is 3.70. The van der Waals surface area contributed by atoms with Crippen LogP contribution in [0.3, 0.4) is 0 Å². The minimum Gasteiger partial charge on any atom is -0.354 e. The minimum atomic E-state index is 0.689. The molecule has 0 aromatic carbocycles. The Morgan fingerprint density at radius 1 is 1.36 bits per heavy atom. The summed E-state index contributed by atoms with van der Waals surface area (Å²) in [7, 11) is 1.86. The van der Waals surface area contributed by atoms with Gasteiger partial charge >= 0.3 is 0 Å². The van der Waals surface area contributed by atoms with Gasteiger partial charge in [-0.25, -0.2) is 0 Å². The molecule has 1 aliphatic rings. The van der Waals surface area contributed by atoms with Crippen molar-refractivity contribution in [3.05, 3.63) is 11.8 Å². The van der Waals surface area contributed by atoms with E-state index in [9.17, 15) is 0 Å². The summed E-state index contributed by atoms with van der Waals surface area (Å²) in [4.78, 5) is 2.21. The van der Waals surface area contributed by atoms with Crippen molar-refractivity contribution in [2.75, 3.05) is 18.0 Å². The molecular formula is C10H14N4. The smallest absolute Gasteiger partial charge is 0.168 e. The van der Waals surface area contributed by atoms with Crippen LogP contribution in [0.5, 0.6) is 0 Å². The summed E-state index contributed by atoms with van der Waals surface area (Å²) < 4.78 is 1.71. The van der Waals surface area contributed by atoms with E-state index >= 15 is 0 Å². The highest BCUT2D eigenvalue weighted by atomic mass is 15.3. The number of piperidine rings is 1. The van der Waals surface area contributed by atoms with Crippen LogP contribution >= 0.6 is 0 Å². The van der Waals surface area contributed by atoms with E-state index in [2.05, 4.69) is 16.1 Å². The number of aromatic nitrogens is 2. The average Bonchev–Trinajstić information content (AvgIpc) is 2.61. The van der Waals surface area contributed by atoms with Crippen LogP contribution < -0.4 is 4.90 Å². The Balaban J connectivity index is 2.25. The molecule has 0 N–H and O–H groups in total. The van der Waals surface area contributed by atoms with E-state index in [1.54, 1.807) is 10.9 Å². The van der Waals surface area contributed by atoms with Crippen LogP contribution in [0.2, 0.25) is 0 Å². The number of aryl methyl sites for hydroxylation is 1. The number of anilines is 1. The van der Waals surface area contributed by atoms with Gasteiger partial charge in [-0.05, 0) is 19.3 Å². The molecule has 2 rings (SSSR count). The molecule has 0 saturated carbocycles. The monoisotopic (exact) mass is 190 g/mol. The Labute approximate surface area is 83.7 Å². The molecule has 4 nitrogen and oxygen atoms in total. The quantitative estimate of drug-likeness (QED) is 0.670. The zero-order valence-corrected chi connectivity index (χ0v) is 8.40. The topological polar surface area (TPSA) is 44.9 Å². The van der Waals surface area contributed by atoms with Crippen LogP contribution in [0, 0.1) is 11.3 Å². The first-order valence-corrected chi connectivity index (χ1v) is 5.00. The summed E-state index contributed by atoms with van der Waals surface area (Å²) in [6.45, 7) is 2.07. The molecule has 0 spiro atoms. The van der Waals surface area contributed by atoms with Gasteiger partial charge in [-0.3, -0.25) is 4.68 Å². The number of rotatable bonds is 1. The van der Waals surface area contributed by atoms with E-state index in [0.717, 1.165) is 18.9 Å². The van der Waals surface area contributed by atoms with Crippen molar-refractivity contribution in [3.8, 4) is 6.07 Å². The molecule has 0 unspecified atom stereocenters. The Bertz CT molecular complexity index is 355. The Kier molecular flexibility index (Phi) is 2.40. The van der Waals surface area contributed by atoms with E-state index in [1.807, 2.05) is 7.05 Å². The maximum atomic E-state index is 8.93. The molecule has 1 fully saturated rings. The lowest BCUT2D eigenvalue weighted by atomic mass is 10.1. The zero-order chi connectivity index (χ0) is 9.97. The third-order valence-electron chi connectivity index (χ3n) is 2.59. The van der Waals surface area contributed by atoms with Crippen molar-refractivity contribution in [2.24, 2.45) is 7.05 Å². The number of hydrogen-bond donors (Lipinski definition) is 0. The summed E-state index contributed by atoms with van der Waals surface area (Å²) >= 11 is 0. The van der Waals surface area contributed by atoms with Crippen molar-refractivity contribution in [2.45, 2.75) is 19.3 Å². The van der Waals surface area contributed by atoms with Crippen LogP contribution in [0.1, 0.15) is 24.8 Å². The molecule has 0 atom stereocenters. The van der Waals surface area contributed by atoms with Gasteiger partial charge in [0, 0.05) is 26.3 Å². The van der Waals surface area contributed by atoms with Crippen LogP contribution in [0.15, 0.2) is 6.20 Å². The fourth-order valence-electron chi connectivity index (χ4n) is 1.89. The second kappa shape index (κ2) is 3.70. The van der Waals surface area contributed by atoms with Gasteiger partial charge in [0.2, 0.25) is 0 Å². The summed E-state index contributed by atoms with van der Waals surface area (Å²) in [6.07, 6.45) is 5.50. The summed E-state index contributed by atoms with van der Waals surface area (Å²) in [5.41, 5.74) is 0.689. The zero-order valence-electron chi connectivity index (χ0n) is 8.40. The van der Waals surface area contributed by atoms with Crippen molar-refractivity contribution in [1.29, 1.82) is 5.26 Å². The molecule has 1 aromatic heterocycles. The molecule has 0 amide bonds. The highest BCUT2D eigenvalue weighted by molar-refractivity contribution is 5.53. The standard InChI is InChI=1S/C10H14N4/c1-13-8-9(7-11)10(12-13)14-5-3-2-4-6-14/h8H,2-6H2,1H3. The largest absolute Gasteiger partial charge is 0.354 e. The van der Waals surface area contributed by atoms with Gasteiger partial charge in [-0.1, -0.05) is 0 Å². The van der Waals surface area contributed by atoms with E-state index in [-0.39, 0.29) is 0 Å². The first-order valence-electron chi connectivity index (χ1n) is 5.00. The van der Waals surface area contributed by atoms with Gasteiger partial charge in [0.05, 0.1) is 0 Å². The lowest BCUT2D eigenvalue weighted by Crippen LogP contribution is -2.30. The predicted octanol–water partition coefficient (Wildman–Crippen LogP) is 1.28. The average molecular weight is 190 g/mol. The normalized spacial score (nSPS) is 16.7. The maximum Gasteiger partial charge on any atom is 0.168 e. The molecule has 14 heavy (non-hydrogen) atoms. The fraction of sp³-hybridized carbons (Fsp3) is 0.600. The third-order valence-corrected chi connectivity index (χ3v) is 2.59. The Morgan fingerprint density at radius 3 is 2.71 bits per heavy atom. The first-order chi connectivity index (χ1) is 6.81. The highest BCUT2D eigenvalue weighted by Crippen LogP contribution is 2.21. The van der Waals surface area contributed by atoms with Crippen molar-refractivity contribution < 1.29 is 0 Å². The molecule has 1 aromatic rings. The molecule has 0 radical (unpaired) electrons. The minimum absolute atomic E-state index is 0.689. The van der Waals surface area contributed by atoms with Crippen LogP contribution in [-0.2, 0) is 7.05 Å². The van der Waals surface area contributed by atoms with Gasteiger partial charge in [-0.2, -0.15) is 10.4 Å². The van der Waals surface area contributed by atoms with Crippen molar-refractivity contribution in [1.82, 2.24) is 9.78 Å². The van der Waals surface area contributed by atoms with Gasteiger partial charge in [0.25, 0.3) is 0 Å². The van der Waals surface area contributed by atoms with Crippen molar-refractivity contribution >= 4 is 5.82 Å². The Hall–Kier alpha value is -1.50. The molecule has 74 valence electrons. The number of nitriles is 1. The van der Waals surface area contributed by atoms with E-state index in [0.29, 0.717) is 5.56 Å². The van der Waals surface area contributed by atoms with Gasteiger partial charge in [0.15, 0.2) is 5.82 Å². The predicted molar refractivity (Wildman–Crippen MR) is 54.0 cm³/mol. The molecule has 1 saturated heterocycles. The Morgan fingerprint density at radius 2 is 2.07 bits per heavy atom. The SMILES string of the molecule is Cn1cc(C#N)c(N2CCCCC2)n1. The molecule has 2 heterocycles. The third kappa shape index (κ3) is 1.58. The molecule has 1 aliphatic heterocycles. The lowest BCUT2D eigenvalue weighted by Gasteiger charge is -2.26. The molecule has 0 bridgehead atoms. The van der Waals surface area contributed by atoms with Gasteiger partial charge < -0.3 is 4.90 Å². The molecule has 0 aliphatic carbocycles. The van der Waals surface area contributed by atoms with Crippen LogP contribution in [-0.4, -0.2) is 22.9 Å². The maximum absolute atomic E-state index is 8.93. The van der Waals surface area contributed by atoms with Gasteiger partial charge in [0.1, 0.15) is 11.6 Å². The lowest BCUT2D eigenvalue weighted by molar-refractivity contribution is 0.569. The van der Waals surface area contributed by atoms with Crippen LogP contribution in [0.4, 0.5) is 5.82 Å². The first kappa shape index (κ1) is 9.07.